The number of carbonyl (C=O) groups is 1. The molecule has 0 saturated heterocycles. The third-order valence-corrected chi connectivity index (χ3v) is 4.31. The van der Waals surface area contributed by atoms with Crippen LogP contribution >= 0.6 is 0 Å². The van der Waals surface area contributed by atoms with Crippen LogP contribution in [-0.2, 0) is 6.42 Å². The van der Waals surface area contributed by atoms with E-state index in [4.69, 9.17) is 0 Å². The number of fused-ring (bicyclic) bond motifs is 1. The first-order valence-corrected chi connectivity index (χ1v) is 6.54. The zero-order valence-electron chi connectivity index (χ0n) is 10.3. The van der Waals surface area contributed by atoms with Crippen LogP contribution in [0.4, 0.5) is 0 Å². The fourth-order valence-corrected chi connectivity index (χ4v) is 3.25. The monoisotopic (exact) mass is 226 g/mol. The van der Waals surface area contributed by atoms with Gasteiger partial charge in [0.2, 0.25) is 0 Å². The van der Waals surface area contributed by atoms with Gasteiger partial charge < -0.3 is 0 Å². The summed E-state index contributed by atoms with van der Waals surface area (Å²) in [6.45, 7) is 2.13. The number of hydrogen-bond acceptors (Lipinski definition) is 1. The molecule has 0 saturated carbocycles. The Balaban J connectivity index is 2.02. The summed E-state index contributed by atoms with van der Waals surface area (Å²) in [7, 11) is 0. The van der Waals surface area contributed by atoms with Crippen molar-refractivity contribution in [3.05, 3.63) is 47.0 Å². The van der Waals surface area contributed by atoms with Gasteiger partial charge in [0.15, 0.2) is 5.78 Å². The van der Waals surface area contributed by atoms with Crippen LogP contribution in [0, 0.1) is 5.41 Å². The fourth-order valence-electron chi connectivity index (χ4n) is 3.25. The molecule has 0 spiro atoms. The summed E-state index contributed by atoms with van der Waals surface area (Å²) >= 11 is 0. The van der Waals surface area contributed by atoms with E-state index in [1.807, 2.05) is 18.2 Å². The van der Waals surface area contributed by atoms with E-state index < -0.39 is 0 Å². The maximum absolute atomic E-state index is 12.6. The summed E-state index contributed by atoms with van der Waals surface area (Å²) < 4.78 is 0. The first kappa shape index (κ1) is 10.8. The molecular weight excluding hydrogens is 208 g/mol. The normalized spacial score (nSPS) is 27.8. The molecule has 2 aliphatic carbocycles. The van der Waals surface area contributed by atoms with Gasteiger partial charge in [-0.2, -0.15) is 0 Å². The summed E-state index contributed by atoms with van der Waals surface area (Å²) in [5.74, 6) is 0.334. The Hall–Kier alpha value is -1.37. The van der Waals surface area contributed by atoms with Gasteiger partial charge in [-0.1, -0.05) is 35.9 Å². The predicted octanol–water partition coefficient (Wildman–Crippen LogP) is 3.93. The van der Waals surface area contributed by atoms with Crippen LogP contribution in [0.15, 0.2) is 35.9 Å². The van der Waals surface area contributed by atoms with Gasteiger partial charge in [-0.05, 0) is 44.6 Å². The van der Waals surface area contributed by atoms with E-state index in [2.05, 4.69) is 19.1 Å². The van der Waals surface area contributed by atoms with E-state index in [9.17, 15) is 4.79 Å². The summed E-state index contributed by atoms with van der Waals surface area (Å²) in [4.78, 5) is 12.6. The Morgan fingerprint density at radius 2 is 2.00 bits per heavy atom. The predicted molar refractivity (Wildman–Crippen MR) is 69.1 cm³/mol. The average Bonchev–Trinajstić information content (AvgIpc) is 2.65. The molecule has 1 aromatic rings. The SMILES string of the molecule is C[C@]1(C2=CCCCC2)Cc2ccccc2C1=O. The third kappa shape index (κ3) is 1.56. The van der Waals surface area contributed by atoms with Crippen LogP contribution in [0.2, 0.25) is 0 Å². The Labute approximate surface area is 103 Å². The van der Waals surface area contributed by atoms with Crippen LogP contribution in [-0.4, -0.2) is 5.78 Å². The minimum absolute atomic E-state index is 0.246. The molecule has 1 heteroatoms. The van der Waals surface area contributed by atoms with Crippen molar-refractivity contribution < 1.29 is 4.79 Å². The zero-order chi connectivity index (χ0) is 11.9. The van der Waals surface area contributed by atoms with Crippen LogP contribution in [0.5, 0.6) is 0 Å². The molecule has 0 unspecified atom stereocenters. The van der Waals surface area contributed by atoms with E-state index in [0.29, 0.717) is 5.78 Å². The molecule has 0 bridgehead atoms. The molecule has 0 heterocycles. The highest BCUT2D eigenvalue weighted by Crippen LogP contribution is 2.45. The van der Waals surface area contributed by atoms with Crippen molar-refractivity contribution in [2.24, 2.45) is 5.41 Å². The molecule has 88 valence electrons. The maximum Gasteiger partial charge on any atom is 0.173 e. The minimum atomic E-state index is -0.246. The molecule has 17 heavy (non-hydrogen) atoms. The lowest BCUT2D eigenvalue weighted by molar-refractivity contribution is 0.0876. The van der Waals surface area contributed by atoms with Crippen molar-refractivity contribution >= 4 is 5.78 Å². The second kappa shape index (κ2) is 3.83. The molecular formula is C16H18O. The maximum atomic E-state index is 12.6. The molecule has 1 aromatic carbocycles. The summed E-state index contributed by atoms with van der Waals surface area (Å²) in [5.41, 5.74) is 3.31. The number of allylic oxidation sites excluding steroid dienone is 2. The van der Waals surface area contributed by atoms with E-state index in [1.165, 1.54) is 24.0 Å². The van der Waals surface area contributed by atoms with Crippen molar-refractivity contribution in [2.45, 2.75) is 39.0 Å². The molecule has 0 N–H and O–H groups in total. The Bertz CT molecular complexity index is 498. The van der Waals surface area contributed by atoms with Gasteiger partial charge in [-0.3, -0.25) is 4.79 Å². The molecule has 0 aliphatic heterocycles. The number of rotatable bonds is 1. The van der Waals surface area contributed by atoms with E-state index in [1.54, 1.807) is 0 Å². The highest BCUT2D eigenvalue weighted by molar-refractivity contribution is 6.06. The lowest BCUT2D eigenvalue weighted by Crippen LogP contribution is -2.27. The van der Waals surface area contributed by atoms with Gasteiger partial charge in [0.05, 0.1) is 5.41 Å². The molecule has 0 fully saturated rings. The minimum Gasteiger partial charge on any atom is -0.293 e. The summed E-state index contributed by atoms with van der Waals surface area (Å²) in [5, 5.41) is 0. The lowest BCUT2D eigenvalue weighted by Gasteiger charge is -2.28. The summed E-state index contributed by atoms with van der Waals surface area (Å²) in [6.07, 6.45) is 7.98. The Kier molecular flexibility index (Phi) is 2.43. The Morgan fingerprint density at radius 1 is 1.18 bits per heavy atom. The van der Waals surface area contributed by atoms with Crippen molar-refractivity contribution in [1.82, 2.24) is 0 Å². The van der Waals surface area contributed by atoms with Gasteiger partial charge in [0.1, 0.15) is 0 Å². The largest absolute Gasteiger partial charge is 0.293 e. The fraction of sp³-hybridized carbons (Fsp3) is 0.438. The number of benzene rings is 1. The van der Waals surface area contributed by atoms with Gasteiger partial charge in [-0.25, -0.2) is 0 Å². The zero-order valence-corrected chi connectivity index (χ0v) is 10.3. The number of hydrogen-bond donors (Lipinski definition) is 0. The van der Waals surface area contributed by atoms with Gasteiger partial charge in [0, 0.05) is 5.56 Å². The van der Waals surface area contributed by atoms with E-state index in [-0.39, 0.29) is 5.41 Å². The van der Waals surface area contributed by atoms with Crippen molar-refractivity contribution in [2.75, 3.05) is 0 Å². The quantitative estimate of drug-likeness (QED) is 0.663. The highest BCUT2D eigenvalue weighted by atomic mass is 16.1. The number of carbonyl (C=O) groups excluding carboxylic acids is 1. The van der Waals surface area contributed by atoms with Gasteiger partial charge >= 0.3 is 0 Å². The van der Waals surface area contributed by atoms with Crippen molar-refractivity contribution in [3.8, 4) is 0 Å². The van der Waals surface area contributed by atoms with E-state index >= 15 is 0 Å². The number of ketones is 1. The van der Waals surface area contributed by atoms with Gasteiger partial charge in [0.25, 0.3) is 0 Å². The molecule has 1 nitrogen and oxygen atoms in total. The van der Waals surface area contributed by atoms with Crippen molar-refractivity contribution in [3.63, 3.8) is 0 Å². The van der Waals surface area contributed by atoms with E-state index in [0.717, 1.165) is 24.8 Å². The highest BCUT2D eigenvalue weighted by Gasteiger charge is 2.43. The van der Waals surface area contributed by atoms with Crippen LogP contribution in [0.1, 0.15) is 48.5 Å². The summed E-state index contributed by atoms with van der Waals surface area (Å²) in [6, 6.07) is 8.08. The molecule has 2 aliphatic rings. The first-order valence-electron chi connectivity index (χ1n) is 6.54. The molecule has 0 aromatic heterocycles. The van der Waals surface area contributed by atoms with Gasteiger partial charge in [-0.15, -0.1) is 0 Å². The molecule has 3 rings (SSSR count). The topological polar surface area (TPSA) is 17.1 Å². The number of Topliss-reactive ketones (excluding diaryl/α,β-unsaturated/α-hetero) is 1. The second-order valence-electron chi connectivity index (χ2n) is 5.47. The molecule has 0 radical (unpaired) electrons. The average molecular weight is 226 g/mol. The Morgan fingerprint density at radius 3 is 2.71 bits per heavy atom. The second-order valence-corrected chi connectivity index (χ2v) is 5.47. The van der Waals surface area contributed by atoms with Crippen molar-refractivity contribution in [1.29, 1.82) is 0 Å². The standard InChI is InChI=1S/C16H18O/c1-16(13-8-3-2-4-9-13)11-12-7-5-6-10-14(12)15(16)17/h5-8,10H,2-4,9,11H2,1H3/t16-/m1/s1. The lowest BCUT2D eigenvalue weighted by atomic mass is 9.74. The van der Waals surface area contributed by atoms with Crippen LogP contribution in [0.25, 0.3) is 0 Å². The smallest absolute Gasteiger partial charge is 0.173 e. The van der Waals surface area contributed by atoms with Crippen LogP contribution in [0.3, 0.4) is 0 Å². The molecule has 1 atom stereocenters. The first-order chi connectivity index (χ1) is 8.22. The molecule has 0 amide bonds. The van der Waals surface area contributed by atoms with Crippen LogP contribution < -0.4 is 0 Å². The third-order valence-electron chi connectivity index (χ3n) is 4.31.